The lowest BCUT2D eigenvalue weighted by atomic mass is 10.3. The van der Waals surface area contributed by atoms with Crippen LogP contribution in [0.1, 0.15) is 0 Å². The minimum absolute atomic E-state index is 0.0622. The van der Waals surface area contributed by atoms with Crippen LogP contribution in [-0.2, 0) is 4.79 Å². The Hall–Kier alpha value is -2.34. The Balaban J connectivity index is 1.98. The predicted molar refractivity (Wildman–Crippen MR) is 78.5 cm³/mol. The standard InChI is InChI=1S/C15H12ClF2NO3/c1-21-14-7-10(18)2-4-12(14)19-15(20)8-22-13-5-3-9(17)6-11(13)16/h2-7H,8H2,1H3,(H,19,20). The summed E-state index contributed by atoms with van der Waals surface area (Å²) < 4.78 is 36.1. The zero-order valence-electron chi connectivity index (χ0n) is 11.5. The lowest BCUT2D eigenvalue weighted by Gasteiger charge is -2.11. The third kappa shape index (κ3) is 4.08. The Morgan fingerprint density at radius 2 is 1.82 bits per heavy atom. The summed E-state index contributed by atoms with van der Waals surface area (Å²) in [7, 11) is 1.36. The summed E-state index contributed by atoms with van der Waals surface area (Å²) in [6.07, 6.45) is 0. The third-order valence-corrected chi connectivity index (χ3v) is 2.99. The van der Waals surface area contributed by atoms with Gasteiger partial charge in [-0.3, -0.25) is 4.79 Å². The first-order valence-corrected chi connectivity index (χ1v) is 6.58. The van der Waals surface area contributed by atoms with E-state index in [9.17, 15) is 13.6 Å². The second kappa shape index (κ2) is 7.09. The summed E-state index contributed by atoms with van der Waals surface area (Å²) >= 11 is 5.78. The maximum atomic E-state index is 13.1. The van der Waals surface area contributed by atoms with Gasteiger partial charge in [0.15, 0.2) is 6.61 Å². The number of benzene rings is 2. The average Bonchev–Trinajstić information content (AvgIpc) is 2.48. The highest BCUT2D eigenvalue weighted by atomic mass is 35.5. The maximum absolute atomic E-state index is 13.1. The van der Waals surface area contributed by atoms with Gasteiger partial charge in [-0.25, -0.2) is 8.78 Å². The van der Waals surface area contributed by atoms with Gasteiger partial charge in [-0.2, -0.15) is 0 Å². The molecule has 0 atom stereocenters. The second-order valence-electron chi connectivity index (χ2n) is 4.26. The second-order valence-corrected chi connectivity index (χ2v) is 4.66. The van der Waals surface area contributed by atoms with Gasteiger partial charge >= 0.3 is 0 Å². The molecule has 4 nitrogen and oxygen atoms in total. The molecule has 0 aromatic heterocycles. The highest BCUT2D eigenvalue weighted by Crippen LogP contribution is 2.26. The molecule has 116 valence electrons. The van der Waals surface area contributed by atoms with E-state index < -0.39 is 17.5 Å². The number of rotatable bonds is 5. The number of halogens is 3. The Bertz CT molecular complexity index is 694. The van der Waals surface area contributed by atoms with Crippen LogP contribution in [0.3, 0.4) is 0 Å². The fourth-order valence-electron chi connectivity index (χ4n) is 1.69. The molecule has 0 bridgehead atoms. The molecule has 1 N–H and O–H groups in total. The molecular formula is C15H12ClF2NO3. The minimum Gasteiger partial charge on any atom is -0.494 e. The lowest BCUT2D eigenvalue weighted by Crippen LogP contribution is -2.20. The van der Waals surface area contributed by atoms with E-state index in [0.717, 1.165) is 12.1 Å². The summed E-state index contributed by atoms with van der Waals surface area (Å²) in [5, 5.41) is 2.58. The van der Waals surface area contributed by atoms with Crippen molar-refractivity contribution >= 4 is 23.2 Å². The van der Waals surface area contributed by atoms with Crippen molar-refractivity contribution in [2.45, 2.75) is 0 Å². The average molecular weight is 328 g/mol. The SMILES string of the molecule is COc1cc(F)ccc1NC(=O)COc1ccc(F)cc1Cl. The Morgan fingerprint density at radius 1 is 1.14 bits per heavy atom. The molecule has 0 heterocycles. The highest BCUT2D eigenvalue weighted by Gasteiger charge is 2.10. The van der Waals surface area contributed by atoms with Gasteiger partial charge in [-0.15, -0.1) is 0 Å². The zero-order chi connectivity index (χ0) is 16.1. The maximum Gasteiger partial charge on any atom is 0.262 e. The molecule has 0 aliphatic rings. The number of amides is 1. The Morgan fingerprint density at radius 3 is 2.50 bits per heavy atom. The molecule has 0 spiro atoms. The minimum atomic E-state index is -0.502. The third-order valence-electron chi connectivity index (χ3n) is 2.69. The topological polar surface area (TPSA) is 47.6 Å². The van der Waals surface area contributed by atoms with Crippen molar-refractivity contribution in [1.82, 2.24) is 0 Å². The van der Waals surface area contributed by atoms with Crippen LogP contribution in [0.15, 0.2) is 36.4 Å². The molecule has 0 aliphatic heterocycles. The monoisotopic (exact) mass is 327 g/mol. The number of hydrogen-bond acceptors (Lipinski definition) is 3. The first-order chi connectivity index (χ1) is 10.5. The van der Waals surface area contributed by atoms with Crippen LogP contribution >= 0.6 is 11.6 Å². The van der Waals surface area contributed by atoms with Gasteiger partial charge in [-0.1, -0.05) is 11.6 Å². The number of methoxy groups -OCH3 is 1. The van der Waals surface area contributed by atoms with Crippen LogP contribution in [0.5, 0.6) is 11.5 Å². The van der Waals surface area contributed by atoms with Gasteiger partial charge < -0.3 is 14.8 Å². The zero-order valence-corrected chi connectivity index (χ0v) is 12.3. The van der Waals surface area contributed by atoms with Gasteiger partial charge in [0.1, 0.15) is 23.1 Å². The molecule has 0 fully saturated rings. The highest BCUT2D eigenvalue weighted by molar-refractivity contribution is 6.32. The van der Waals surface area contributed by atoms with E-state index >= 15 is 0 Å². The van der Waals surface area contributed by atoms with Crippen LogP contribution in [0.25, 0.3) is 0 Å². The molecule has 0 saturated carbocycles. The van der Waals surface area contributed by atoms with Crippen LogP contribution in [0.4, 0.5) is 14.5 Å². The van der Waals surface area contributed by atoms with E-state index in [2.05, 4.69) is 5.32 Å². The Labute approximate surface area is 130 Å². The smallest absolute Gasteiger partial charge is 0.262 e. The first kappa shape index (κ1) is 16.0. The van der Waals surface area contributed by atoms with Gasteiger partial charge in [0.2, 0.25) is 0 Å². The molecule has 2 rings (SSSR count). The number of carbonyl (C=O) groups excluding carboxylic acids is 1. The van der Waals surface area contributed by atoms with E-state index in [1.165, 1.54) is 31.4 Å². The number of nitrogens with one attached hydrogen (secondary N) is 1. The van der Waals surface area contributed by atoms with Gasteiger partial charge in [0.25, 0.3) is 5.91 Å². The molecule has 1 amide bonds. The van der Waals surface area contributed by atoms with Crippen LogP contribution in [-0.4, -0.2) is 19.6 Å². The fourth-order valence-corrected chi connectivity index (χ4v) is 1.91. The number of ether oxygens (including phenoxy) is 2. The Kier molecular flexibility index (Phi) is 5.16. The van der Waals surface area contributed by atoms with Crippen LogP contribution in [0, 0.1) is 11.6 Å². The molecule has 0 unspecified atom stereocenters. The van der Waals surface area contributed by atoms with Crippen molar-refractivity contribution in [2.75, 3.05) is 19.0 Å². The lowest BCUT2D eigenvalue weighted by molar-refractivity contribution is -0.118. The fraction of sp³-hybridized carbons (Fsp3) is 0.133. The molecule has 0 saturated heterocycles. The largest absolute Gasteiger partial charge is 0.494 e. The number of anilines is 1. The van der Waals surface area contributed by atoms with Crippen molar-refractivity contribution in [1.29, 1.82) is 0 Å². The molecule has 2 aromatic carbocycles. The summed E-state index contributed by atoms with van der Waals surface area (Å²) in [5.74, 6) is -1.11. The van der Waals surface area contributed by atoms with Gasteiger partial charge in [-0.05, 0) is 30.3 Å². The molecule has 22 heavy (non-hydrogen) atoms. The van der Waals surface area contributed by atoms with Gasteiger partial charge in [0, 0.05) is 6.07 Å². The van der Waals surface area contributed by atoms with Crippen molar-refractivity contribution in [3.63, 3.8) is 0 Å². The van der Waals surface area contributed by atoms with E-state index in [-0.39, 0.29) is 23.1 Å². The van der Waals surface area contributed by atoms with E-state index in [0.29, 0.717) is 5.69 Å². The molecule has 7 heteroatoms. The normalized spacial score (nSPS) is 10.2. The van der Waals surface area contributed by atoms with E-state index in [1.54, 1.807) is 0 Å². The first-order valence-electron chi connectivity index (χ1n) is 6.21. The molecular weight excluding hydrogens is 316 g/mol. The van der Waals surface area contributed by atoms with Crippen LogP contribution in [0.2, 0.25) is 5.02 Å². The molecule has 2 aromatic rings. The van der Waals surface area contributed by atoms with Crippen LogP contribution < -0.4 is 14.8 Å². The van der Waals surface area contributed by atoms with Gasteiger partial charge in [0.05, 0.1) is 17.8 Å². The number of carbonyl (C=O) groups is 1. The molecule has 0 aliphatic carbocycles. The summed E-state index contributed by atoms with van der Waals surface area (Å²) in [6, 6.07) is 7.28. The van der Waals surface area contributed by atoms with E-state index in [1.807, 2.05) is 0 Å². The van der Waals surface area contributed by atoms with Crippen molar-refractivity contribution in [3.8, 4) is 11.5 Å². The quantitative estimate of drug-likeness (QED) is 0.912. The van der Waals surface area contributed by atoms with E-state index in [4.69, 9.17) is 21.1 Å². The van der Waals surface area contributed by atoms with Crippen molar-refractivity contribution < 1.29 is 23.0 Å². The summed E-state index contributed by atoms with van der Waals surface area (Å²) in [5.41, 5.74) is 0.308. The number of hydrogen-bond donors (Lipinski definition) is 1. The summed E-state index contributed by atoms with van der Waals surface area (Å²) in [6.45, 7) is -0.341. The predicted octanol–water partition coefficient (Wildman–Crippen LogP) is 3.64. The summed E-state index contributed by atoms with van der Waals surface area (Å²) in [4.78, 5) is 11.8. The molecule has 0 radical (unpaired) electrons. The van der Waals surface area contributed by atoms with Crippen molar-refractivity contribution in [3.05, 3.63) is 53.1 Å². The van der Waals surface area contributed by atoms with Crippen molar-refractivity contribution in [2.24, 2.45) is 0 Å².